The lowest BCUT2D eigenvalue weighted by Crippen LogP contribution is -2.43. The first-order valence-electron chi connectivity index (χ1n) is 15.8. The van der Waals surface area contributed by atoms with Crippen LogP contribution in [-0.2, 0) is 78.8 Å². The van der Waals surface area contributed by atoms with Crippen molar-refractivity contribution in [3.8, 4) is 0 Å². The van der Waals surface area contributed by atoms with E-state index in [4.69, 9.17) is 53.1 Å². The van der Waals surface area contributed by atoms with Gasteiger partial charge in [-0.15, -0.1) is 0 Å². The van der Waals surface area contributed by atoms with Crippen molar-refractivity contribution in [1.82, 2.24) is 0 Å². The van der Waals surface area contributed by atoms with E-state index in [-0.39, 0.29) is 0 Å². The highest BCUT2D eigenvalue weighted by Crippen LogP contribution is 2.24. The monoisotopic (exact) mass is 748 g/mol. The maximum Gasteiger partial charge on any atom is 0.500 e. The number of aryl methyl sites for hydroxylation is 4. The Kier molecular flexibility index (Phi) is 21.8. The van der Waals surface area contributed by atoms with E-state index in [1.54, 1.807) is 85.3 Å². The molecular formula is C32H60O12Si4. The second kappa shape index (κ2) is 23.3. The molecule has 0 saturated heterocycles. The lowest BCUT2D eigenvalue weighted by Gasteiger charge is -2.26. The summed E-state index contributed by atoms with van der Waals surface area (Å²) >= 11 is 0. The molecule has 12 nitrogen and oxygen atoms in total. The second-order valence-corrected chi connectivity index (χ2v) is 23.1. The first kappa shape index (κ1) is 44.8. The first-order valence-corrected chi connectivity index (χ1v) is 23.6. The van der Waals surface area contributed by atoms with Crippen molar-refractivity contribution >= 4 is 35.2 Å². The molecule has 0 radical (unpaired) electrons. The molecule has 0 bridgehead atoms. The van der Waals surface area contributed by atoms with Crippen LogP contribution in [0.1, 0.15) is 22.3 Å². The highest BCUT2D eigenvalue weighted by Gasteiger charge is 2.40. The number of benzene rings is 2. The molecule has 0 aromatic heterocycles. The molecule has 0 fully saturated rings. The molecule has 0 heterocycles. The predicted molar refractivity (Wildman–Crippen MR) is 194 cm³/mol. The Balaban J connectivity index is 0.000000480. The Morgan fingerprint density at radius 2 is 0.438 bits per heavy atom. The van der Waals surface area contributed by atoms with Gasteiger partial charge in [0.05, 0.1) is 0 Å². The molecule has 0 amide bonds. The zero-order valence-corrected chi connectivity index (χ0v) is 35.2. The van der Waals surface area contributed by atoms with Gasteiger partial charge in [0.25, 0.3) is 0 Å². The molecule has 0 unspecified atom stereocenters. The van der Waals surface area contributed by atoms with E-state index in [1.165, 1.54) is 22.3 Å². The smallest absolute Gasteiger partial charge is 0.377 e. The van der Waals surface area contributed by atoms with Gasteiger partial charge in [-0.05, 0) is 47.9 Å². The van der Waals surface area contributed by atoms with E-state index in [0.717, 1.165) is 49.9 Å². The van der Waals surface area contributed by atoms with Crippen LogP contribution >= 0.6 is 0 Å². The fourth-order valence-electron chi connectivity index (χ4n) is 5.47. The molecular weight excluding hydrogens is 689 g/mol. The van der Waals surface area contributed by atoms with Gasteiger partial charge in [0, 0.05) is 109 Å². The SMILES string of the molecule is CO[Si](CCc1ccccc1CC[Si](OC)(OC)OC)(OC)OC.CO[Si](CCc1ccccc1CC[Si](OC)(OC)OC)(OC)OC. The summed E-state index contributed by atoms with van der Waals surface area (Å²) in [6, 6.07) is 19.6. The summed E-state index contributed by atoms with van der Waals surface area (Å²) in [7, 11) is 9.40. The minimum atomic E-state index is -2.57. The third-order valence-corrected chi connectivity index (χ3v) is 19.7. The summed E-state index contributed by atoms with van der Waals surface area (Å²) in [5, 5.41) is 0. The fraction of sp³-hybridized carbons (Fsp3) is 0.625. The van der Waals surface area contributed by atoms with E-state index in [0.29, 0.717) is 0 Å². The summed E-state index contributed by atoms with van der Waals surface area (Å²) in [5.74, 6) is 0. The molecule has 2 aromatic rings. The summed E-state index contributed by atoms with van der Waals surface area (Å²) in [4.78, 5) is 0. The molecule has 0 aliphatic heterocycles. The first-order chi connectivity index (χ1) is 23.1. The quantitative estimate of drug-likeness (QED) is 0.134. The average molecular weight is 749 g/mol. The van der Waals surface area contributed by atoms with Crippen LogP contribution in [-0.4, -0.2) is 121 Å². The van der Waals surface area contributed by atoms with E-state index >= 15 is 0 Å². The maximum absolute atomic E-state index is 5.51. The summed E-state index contributed by atoms with van der Waals surface area (Å²) in [6.45, 7) is 0. The van der Waals surface area contributed by atoms with Gasteiger partial charge in [0.2, 0.25) is 0 Å². The summed E-state index contributed by atoms with van der Waals surface area (Å²) in [6.07, 6.45) is 3.33. The maximum atomic E-state index is 5.51. The zero-order valence-electron chi connectivity index (χ0n) is 31.2. The third kappa shape index (κ3) is 13.2. The van der Waals surface area contributed by atoms with Crippen LogP contribution in [0.25, 0.3) is 0 Å². The topological polar surface area (TPSA) is 111 Å². The van der Waals surface area contributed by atoms with Crippen molar-refractivity contribution in [3.05, 3.63) is 70.8 Å². The van der Waals surface area contributed by atoms with Crippen LogP contribution in [0.2, 0.25) is 24.2 Å². The molecule has 0 saturated carbocycles. The minimum absolute atomic E-state index is 0.731. The molecule has 16 heteroatoms. The van der Waals surface area contributed by atoms with Crippen molar-refractivity contribution in [1.29, 1.82) is 0 Å². The number of hydrogen-bond donors (Lipinski definition) is 0. The third-order valence-electron chi connectivity index (χ3n) is 8.77. The molecule has 0 atom stereocenters. The fourth-order valence-corrected chi connectivity index (χ4v) is 12.2. The van der Waals surface area contributed by atoms with E-state index in [9.17, 15) is 0 Å². The normalized spacial score (nSPS) is 12.6. The molecule has 0 aliphatic carbocycles. The second-order valence-electron chi connectivity index (χ2n) is 10.7. The van der Waals surface area contributed by atoms with E-state index < -0.39 is 35.2 Å². The lowest BCUT2D eigenvalue weighted by atomic mass is 10.0. The number of rotatable bonds is 24. The van der Waals surface area contributed by atoms with Crippen molar-refractivity contribution in [2.45, 2.75) is 49.9 Å². The van der Waals surface area contributed by atoms with Crippen molar-refractivity contribution in [2.75, 3.05) is 85.3 Å². The summed E-state index contributed by atoms with van der Waals surface area (Å²) < 4.78 is 66.1. The van der Waals surface area contributed by atoms with E-state index in [1.807, 2.05) is 24.3 Å². The summed E-state index contributed by atoms with van der Waals surface area (Å²) in [5.41, 5.74) is 5.02. The molecule has 276 valence electrons. The van der Waals surface area contributed by atoms with Crippen molar-refractivity contribution < 1.29 is 53.1 Å². The Morgan fingerprint density at radius 3 is 0.562 bits per heavy atom. The Bertz CT molecular complexity index is 923. The van der Waals surface area contributed by atoms with Gasteiger partial charge in [0.1, 0.15) is 0 Å². The lowest BCUT2D eigenvalue weighted by molar-refractivity contribution is 0.123. The van der Waals surface area contributed by atoms with E-state index in [2.05, 4.69) is 24.3 Å². The average Bonchev–Trinajstić information content (AvgIpc) is 3.16. The van der Waals surface area contributed by atoms with Crippen LogP contribution in [0.3, 0.4) is 0 Å². The van der Waals surface area contributed by atoms with Gasteiger partial charge in [-0.2, -0.15) is 0 Å². The standard InChI is InChI=1S/2C16H30O6Si2/c2*1-17-23(18-2,19-3)13-11-15-9-7-8-10-16(15)12-14-24(20-4,21-5)22-6/h2*7-10H,11-14H2,1-6H3. The highest BCUT2D eigenvalue weighted by atomic mass is 28.4. The largest absolute Gasteiger partial charge is 0.500 e. The molecule has 48 heavy (non-hydrogen) atoms. The molecule has 0 N–H and O–H groups in total. The zero-order chi connectivity index (χ0) is 36.1. The molecule has 2 rings (SSSR count). The van der Waals surface area contributed by atoms with Gasteiger partial charge in [0.15, 0.2) is 0 Å². The van der Waals surface area contributed by atoms with Crippen molar-refractivity contribution in [3.63, 3.8) is 0 Å². The van der Waals surface area contributed by atoms with Crippen LogP contribution in [0.5, 0.6) is 0 Å². The van der Waals surface area contributed by atoms with Gasteiger partial charge in [-0.1, -0.05) is 48.5 Å². The van der Waals surface area contributed by atoms with Gasteiger partial charge in [-0.25, -0.2) is 0 Å². The van der Waals surface area contributed by atoms with Crippen LogP contribution in [0, 0.1) is 0 Å². The Morgan fingerprint density at radius 1 is 0.292 bits per heavy atom. The minimum Gasteiger partial charge on any atom is -0.377 e. The predicted octanol–water partition coefficient (Wildman–Crippen LogP) is 5.06. The van der Waals surface area contributed by atoms with Gasteiger partial charge < -0.3 is 53.1 Å². The van der Waals surface area contributed by atoms with Crippen LogP contribution < -0.4 is 0 Å². The molecule has 0 aliphatic rings. The Labute approximate surface area is 293 Å². The van der Waals surface area contributed by atoms with Gasteiger partial charge >= 0.3 is 35.2 Å². The van der Waals surface area contributed by atoms with Crippen LogP contribution in [0.4, 0.5) is 0 Å². The number of hydrogen-bond acceptors (Lipinski definition) is 12. The van der Waals surface area contributed by atoms with Gasteiger partial charge in [-0.3, -0.25) is 0 Å². The molecule has 2 aromatic carbocycles. The molecule has 0 spiro atoms. The van der Waals surface area contributed by atoms with Crippen LogP contribution in [0.15, 0.2) is 48.5 Å². The highest BCUT2D eigenvalue weighted by molar-refractivity contribution is 6.61. The van der Waals surface area contributed by atoms with Crippen molar-refractivity contribution in [2.24, 2.45) is 0 Å². The Hall–Kier alpha value is -1.17.